The van der Waals surface area contributed by atoms with Crippen molar-refractivity contribution in [2.24, 2.45) is 29.1 Å². The average molecular weight is 347 g/mol. The van der Waals surface area contributed by atoms with Crippen molar-refractivity contribution in [1.82, 2.24) is 0 Å². The molecule has 2 rings (SSSR count). The van der Waals surface area contributed by atoms with E-state index < -0.39 is 0 Å². The van der Waals surface area contributed by atoms with Gasteiger partial charge in [-0.3, -0.25) is 0 Å². The van der Waals surface area contributed by atoms with Crippen LogP contribution < -0.4 is 0 Å². The Labute approximate surface area is 159 Å². The van der Waals surface area contributed by atoms with Gasteiger partial charge in [0, 0.05) is 0 Å². The lowest BCUT2D eigenvalue weighted by Gasteiger charge is -2.33. The normalized spacial score (nSPS) is 36.2. The molecule has 0 heteroatoms. The van der Waals surface area contributed by atoms with Gasteiger partial charge in [-0.15, -0.1) is 0 Å². The minimum atomic E-state index is 0.433. The molecule has 2 aliphatic rings. The lowest BCUT2D eigenvalue weighted by Crippen LogP contribution is -2.25. The third-order valence-corrected chi connectivity index (χ3v) is 8.01. The molecule has 0 aromatic rings. The van der Waals surface area contributed by atoms with E-state index in [0.29, 0.717) is 5.41 Å². The SMILES string of the molecule is CC1=C(C)C(C)(C)C2CCCCCCCC(C)CC(C)CCCCC12. The van der Waals surface area contributed by atoms with E-state index >= 15 is 0 Å². The van der Waals surface area contributed by atoms with Crippen molar-refractivity contribution in [3.63, 3.8) is 0 Å². The fraction of sp³-hybridized carbons (Fsp3) is 0.920. The fourth-order valence-electron chi connectivity index (χ4n) is 6.02. The predicted molar refractivity (Wildman–Crippen MR) is 113 cm³/mol. The zero-order chi connectivity index (χ0) is 18.4. The summed E-state index contributed by atoms with van der Waals surface area (Å²) < 4.78 is 0. The van der Waals surface area contributed by atoms with Crippen LogP contribution in [0.25, 0.3) is 0 Å². The summed E-state index contributed by atoms with van der Waals surface area (Å²) >= 11 is 0. The van der Waals surface area contributed by atoms with E-state index in [2.05, 4.69) is 41.5 Å². The predicted octanol–water partition coefficient (Wildman–Crippen LogP) is 8.56. The highest BCUT2D eigenvalue weighted by molar-refractivity contribution is 5.28. The van der Waals surface area contributed by atoms with Crippen LogP contribution >= 0.6 is 0 Å². The third-order valence-electron chi connectivity index (χ3n) is 8.01. The van der Waals surface area contributed by atoms with Gasteiger partial charge < -0.3 is 0 Å². The molecule has 0 aliphatic heterocycles. The summed E-state index contributed by atoms with van der Waals surface area (Å²) in [5, 5.41) is 0. The van der Waals surface area contributed by atoms with E-state index in [1.807, 2.05) is 0 Å². The summed E-state index contributed by atoms with van der Waals surface area (Å²) in [6.45, 7) is 14.9. The van der Waals surface area contributed by atoms with Crippen molar-refractivity contribution in [2.45, 2.75) is 119 Å². The van der Waals surface area contributed by atoms with Crippen molar-refractivity contribution in [3.8, 4) is 0 Å². The van der Waals surface area contributed by atoms with E-state index in [-0.39, 0.29) is 0 Å². The van der Waals surface area contributed by atoms with Gasteiger partial charge in [0.1, 0.15) is 0 Å². The van der Waals surface area contributed by atoms with Crippen molar-refractivity contribution in [2.75, 3.05) is 0 Å². The Morgan fingerprint density at radius 1 is 0.680 bits per heavy atom. The molecule has 0 N–H and O–H groups in total. The molecule has 0 saturated heterocycles. The van der Waals surface area contributed by atoms with Gasteiger partial charge >= 0.3 is 0 Å². The number of hydrogen-bond acceptors (Lipinski definition) is 0. The maximum Gasteiger partial charge on any atom is -0.0111 e. The van der Waals surface area contributed by atoms with E-state index in [1.54, 1.807) is 11.1 Å². The topological polar surface area (TPSA) is 0 Å². The first-order valence-corrected chi connectivity index (χ1v) is 11.5. The van der Waals surface area contributed by atoms with Gasteiger partial charge in [-0.2, -0.15) is 0 Å². The molecule has 2 aliphatic carbocycles. The second kappa shape index (κ2) is 9.61. The van der Waals surface area contributed by atoms with Gasteiger partial charge in [0.25, 0.3) is 0 Å². The average Bonchev–Trinajstić information content (AvgIpc) is 2.70. The molecule has 1 fully saturated rings. The Hall–Kier alpha value is -0.260. The van der Waals surface area contributed by atoms with Crippen LogP contribution in [0.3, 0.4) is 0 Å². The van der Waals surface area contributed by atoms with Crippen LogP contribution in [0, 0.1) is 29.1 Å². The Kier molecular flexibility index (Phi) is 8.09. The number of fused-ring (bicyclic) bond motifs is 1. The Morgan fingerprint density at radius 2 is 1.16 bits per heavy atom. The number of rotatable bonds is 0. The molecule has 1 saturated carbocycles. The Bertz CT molecular complexity index is 427. The quantitative estimate of drug-likeness (QED) is 0.385. The van der Waals surface area contributed by atoms with Gasteiger partial charge in [0.2, 0.25) is 0 Å². The van der Waals surface area contributed by atoms with Crippen LogP contribution in [0.2, 0.25) is 0 Å². The lowest BCUT2D eigenvalue weighted by molar-refractivity contribution is 0.200. The first-order chi connectivity index (χ1) is 11.8. The third kappa shape index (κ3) is 5.61. The standard InChI is InChI=1S/C25H46/c1-19-14-10-8-7-9-11-17-24-23(16-13-12-15-20(2)18-19)21(3)22(4)25(24,5)6/h19-20,23-24H,7-18H2,1-6H3. The molecule has 0 aromatic carbocycles. The zero-order valence-corrected chi connectivity index (χ0v) is 18.3. The van der Waals surface area contributed by atoms with Crippen molar-refractivity contribution >= 4 is 0 Å². The van der Waals surface area contributed by atoms with Crippen LogP contribution in [0.1, 0.15) is 119 Å². The molecule has 4 atom stereocenters. The van der Waals surface area contributed by atoms with Gasteiger partial charge in [0.15, 0.2) is 0 Å². The van der Waals surface area contributed by atoms with E-state index in [0.717, 1.165) is 23.7 Å². The molecular formula is C25H46. The summed E-state index contributed by atoms with van der Waals surface area (Å²) in [5.74, 6) is 3.64. The molecule has 0 radical (unpaired) electrons. The molecule has 0 aromatic heterocycles. The van der Waals surface area contributed by atoms with Crippen molar-refractivity contribution in [3.05, 3.63) is 11.1 Å². The summed E-state index contributed by atoms with van der Waals surface area (Å²) in [4.78, 5) is 0. The fourth-order valence-corrected chi connectivity index (χ4v) is 6.02. The molecule has 0 spiro atoms. The molecule has 0 nitrogen and oxygen atoms in total. The number of hydrogen-bond donors (Lipinski definition) is 0. The maximum atomic E-state index is 2.53. The summed E-state index contributed by atoms with van der Waals surface area (Å²) in [6.07, 6.45) is 17.5. The highest BCUT2D eigenvalue weighted by Gasteiger charge is 2.43. The first-order valence-electron chi connectivity index (χ1n) is 11.5. The molecule has 0 heterocycles. The van der Waals surface area contributed by atoms with Crippen molar-refractivity contribution < 1.29 is 0 Å². The highest BCUT2D eigenvalue weighted by atomic mass is 14.5. The van der Waals surface area contributed by atoms with Crippen LogP contribution in [-0.4, -0.2) is 0 Å². The molecular weight excluding hydrogens is 300 g/mol. The smallest absolute Gasteiger partial charge is 0.0111 e. The van der Waals surface area contributed by atoms with Crippen LogP contribution in [0.15, 0.2) is 11.1 Å². The van der Waals surface area contributed by atoms with Crippen LogP contribution in [0.4, 0.5) is 0 Å². The number of allylic oxidation sites excluding steroid dienone is 2. The Balaban J connectivity index is 1.99. The Morgan fingerprint density at radius 3 is 1.80 bits per heavy atom. The highest BCUT2D eigenvalue weighted by Crippen LogP contribution is 2.53. The minimum absolute atomic E-state index is 0.433. The van der Waals surface area contributed by atoms with Gasteiger partial charge in [0.05, 0.1) is 0 Å². The molecule has 146 valence electrons. The largest absolute Gasteiger partial charge is 0.0704 e. The second-order valence-corrected chi connectivity index (χ2v) is 10.3. The van der Waals surface area contributed by atoms with Gasteiger partial charge in [-0.1, -0.05) is 96.6 Å². The van der Waals surface area contributed by atoms with Crippen LogP contribution in [-0.2, 0) is 0 Å². The van der Waals surface area contributed by atoms with E-state index in [1.165, 1.54) is 77.0 Å². The van der Waals surface area contributed by atoms with Gasteiger partial charge in [-0.25, -0.2) is 0 Å². The van der Waals surface area contributed by atoms with Crippen molar-refractivity contribution in [1.29, 1.82) is 0 Å². The monoisotopic (exact) mass is 346 g/mol. The second-order valence-electron chi connectivity index (χ2n) is 10.3. The summed E-state index contributed by atoms with van der Waals surface area (Å²) in [7, 11) is 0. The maximum absolute atomic E-state index is 2.53. The molecule has 4 unspecified atom stereocenters. The minimum Gasteiger partial charge on any atom is -0.0704 e. The lowest BCUT2D eigenvalue weighted by atomic mass is 9.71. The first kappa shape index (κ1) is 21.0. The summed E-state index contributed by atoms with van der Waals surface area (Å²) in [6, 6.07) is 0. The zero-order valence-electron chi connectivity index (χ0n) is 18.3. The van der Waals surface area contributed by atoms with E-state index in [4.69, 9.17) is 0 Å². The molecule has 0 amide bonds. The van der Waals surface area contributed by atoms with E-state index in [9.17, 15) is 0 Å². The molecule has 25 heavy (non-hydrogen) atoms. The van der Waals surface area contributed by atoms with Crippen LogP contribution in [0.5, 0.6) is 0 Å². The van der Waals surface area contributed by atoms with Gasteiger partial charge in [-0.05, 0) is 62.2 Å². The molecule has 0 bridgehead atoms. The summed E-state index contributed by atoms with van der Waals surface area (Å²) in [5.41, 5.74) is 3.89.